The fourth-order valence-corrected chi connectivity index (χ4v) is 2.15. The Hall–Kier alpha value is -3.29. The first-order valence-electron chi connectivity index (χ1n) is 7.99. The Bertz CT molecular complexity index is 829. The molecule has 0 bridgehead atoms. The highest BCUT2D eigenvalue weighted by atomic mass is 19.1. The van der Waals surface area contributed by atoms with E-state index in [0.29, 0.717) is 24.1 Å². The van der Waals surface area contributed by atoms with E-state index >= 15 is 0 Å². The van der Waals surface area contributed by atoms with Crippen LogP contribution in [0.5, 0.6) is 0 Å². The zero-order valence-electron chi connectivity index (χ0n) is 14.5. The molecule has 2 rings (SSSR count). The smallest absolute Gasteiger partial charge is 0.258 e. The normalized spacial score (nSPS) is 11.6. The van der Waals surface area contributed by atoms with Gasteiger partial charge in [-0.25, -0.2) is 4.39 Å². The Morgan fingerprint density at radius 1 is 1.42 bits per heavy atom. The molecule has 0 aliphatic rings. The van der Waals surface area contributed by atoms with Crippen molar-refractivity contribution in [1.82, 2.24) is 20.4 Å². The highest BCUT2D eigenvalue weighted by molar-refractivity contribution is 5.81. The molecule has 1 heterocycles. The summed E-state index contributed by atoms with van der Waals surface area (Å²) in [7, 11) is 0. The Balaban J connectivity index is 2.29. The van der Waals surface area contributed by atoms with Crippen molar-refractivity contribution in [3.63, 3.8) is 0 Å². The molecule has 0 radical (unpaired) electrons. The summed E-state index contributed by atoms with van der Waals surface area (Å²) in [6.45, 7) is 3.92. The summed E-state index contributed by atoms with van der Waals surface area (Å²) in [5.74, 6) is -0.342. The van der Waals surface area contributed by atoms with Gasteiger partial charge in [0.1, 0.15) is 12.4 Å². The van der Waals surface area contributed by atoms with Crippen molar-refractivity contribution >= 4 is 17.9 Å². The minimum atomic E-state index is -0.416. The van der Waals surface area contributed by atoms with Crippen LogP contribution in [0.1, 0.15) is 19.7 Å². The summed E-state index contributed by atoms with van der Waals surface area (Å²) >= 11 is 0. The monoisotopic (exact) mass is 358 g/mol. The molecule has 0 saturated carbocycles. The van der Waals surface area contributed by atoms with Gasteiger partial charge in [-0.15, -0.1) is 0 Å². The minimum Gasteiger partial charge on any atom is -0.355 e. The number of carbonyl (C=O) groups is 2. The number of allylic oxidation sites excluding steroid dienone is 3. The van der Waals surface area contributed by atoms with Crippen LogP contribution in [0, 0.1) is 5.82 Å². The molecule has 7 nitrogen and oxygen atoms in total. The number of amides is 2. The van der Waals surface area contributed by atoms with Crippen molar-refractivity contribution in [2.45, 2.75) is 13.8 Å². The van der Waals surface area contributed by atoms with Gasteiger partial charge in [0.2, 0.25) is 18.1 Å². The molecule has 8 heteroatoms. The predicted molar refractivity (Wildman–Crippen MR) is 93.9 cm³/mol. The van der Waals surface area contributed by atoms with Gasteiger partial charge in [0.25, 0.3) is 5.89 Å². The number of rotatable bonds is 8. The second-order valence-electron chi connectivity index (χ2n) is 5.25. The van der Waals surface area contributed by atoms with Gasteiger partial charge in [-0.1, -0.05) is 23.4 Å². The van der Waals surface area contributed by atoms with Gasteiger partial charge in [-0.05, 0) is 32.0 Å². The molecule has 0 spiro atoms. The molecule has 0 aliphatic carbocycles. The van der Waals surface area contributed by atoms with E-state index in [1.807, 2.05) is 0 Å². The summed E-state index contributed by atoms with van der Waals surface area (Å²) in [5.41, 5.74) is 0.911. The molecule has 2 aromatic rings. The lowest BCUT2D eigenvalue weighted by Gasteiger charge is -2.12. The van der Waals surface area contributed by atoms with Gasteiger partial charge >= 0.3 is 0 Å². The Kier molecular flexibility index (Phi) is 6.78. The minimum absolute atomic E-state index is 0.132. The summed E-state index contributed by atoms with van der Waals surface area (Å²) in [4.78, 5) is 28.3. The van der Waals surface area contributed by atoms with Crippen molar-refractivity contribution in [3.05, 3.63) is 54.3 Å². The van der Waals surface area contributed by atoms with Gasteiger partial charge in [-0.2, -0.15) is 4.98 Å². The fourth-order valence-electron chi connectivity index (χ4n) is 2.15. The predicted octanol–water partition coefficient (Wildman–Crippen LogP) is 2.39. The number of nitrogens with one attached hydrogen (secondary N) is 1. The molecule has 136 valence electrons. The molecule has 0 saturated heterocycles. The zero-order valence-corrected chi connectivity index (χ0v) is 14.5. The lowest BCUT2D eigenvalue weighted by Crippen LogP contribution is -2.33. The number of nitrogens with zero attached hydrogens (tertiary/aromatic N) is 3. The number of benzene rings is 1. The van der Waals surface area contributed by atoms with E-state index < -0.39 is 5.82 Å². The zero-order chi connectivity index (χ0) is 18.9. The molecule has 0 fully saturated rings. The number of hydrogen-bond donors (Lipinski definition) is 1. The molecule has 2 amide bonds. The topological polar surface area (TPSA) is 88.3 Å². The van der Waals surface area contributed by atoms with E-state index in [4.69, 9.17) is 4.52 Å². The van der Waals surface area contributed by atoms with Crippen LogP contribution in [0.4, 0.5) is 4.39 Å². The number of carbonyl (C=O) groups excluding carboxylic acids is 2. The van der Waals surface area contributed by atoms with E-state index in [0.717, 1.165) is 0 Å². The largest absolute Gasteiger partial charge is 0.355 e. The van der Waals surface area contributed by atoms with Crippen LogP contribution in [0.15, 0.2) is 47.1 Å². The number of hydrogen-bond acceptors (Lipinski definition) is 5. The highest BCUT2D eigenvalue weighted by Crippen LogP contribution is 2.21. The van der Waals surface area contributed by atoms with Crippen LogP contribution in [-0.2, 0) is 9.59 Å². The second-order valence-corrected chi connectivity index (χ2v) is 5.25. The summed E-state index contributed by atoms with van der Waals surface area (Å²) in [6, 6.07) is 5.78. The van der Waals surface area contributed by atoms with Gasteiger partial charge in [0.05, 0.1) is 0 Å². The van der Waals surface area contributed by atoms with Crippen LogP contribution in [0.25, 0.3) is 17.0 Å². The van der Waals surface area contributed by atoms with Crippen molar-refractivity contribution in [1.29, 1.82) is 0 Å². The van der Waals surface area contributed by atoms with E-state index in [1.165, 1.54) is 29.3 Å². The van der Waals surface area contributed by atoms with Crippen LogP contribution < -0.4 is 5.32 Å². The van der Waals surface area contributed by atoms with Crippen LogP contribution >= 0.6 is 0 Å². The number of likely N-dealkylation sites (N-methyl/N-ethyl adjacent to an activating group) is 1. The maximum Gasteiger partial charge on any atom is 0.258 e. The first-order chi connectivity index (χ1) is 12.6. The second kappa shape index (κ2) is 9.26. The average molecular weight is 358 g/mol. The molecule has 0 atom stereocenters. The van der Waals surface area contributed by atoms with Crippen molar-refractivity contribution in [3.8, 4) is 11.5 Å². The lowest BCUT2D eigenvalue weighted by atomic mass is 10.2. The third kappa shape index (κ3) is 5.10. The molecular weight excluding hydrogens is 339 g/mol. The van der Waals surface area contributed by atoms with Crippen molar-refractivity contribution in [2.24, 2.45) is 0 Å². The van der Waals surface area contributed by atoms with E-state index in [9.17, 15) is 14.0 Å². The average Bonchev–Trinajstić information content (AvgIpc) is 3.11. The Labute approximate surface area is 150 Å². The Morgan fingerprint density at radius 2 is 2.23 bits per heavy atom. The first kappa shape index (κ1) is 19.0. The third-order valence-corrected chi connectivity index (χ3v) is 3.24. The number of aromatic nitrogens is 2. The molecule has 1 N–H and O–H groups in total. The fraction of sp³-hybridized carbons (Fsp3) is 0.222. The molecule has 0 unspecified atom stereocenters. The Morgan fingerprint density at radius 3 is 2.88 bits per heavy atom. The summed E-state index contributed by atoms with van der Waals surface area (Å²) in [5, 5.41) is 6.49. The molecule has 0 aliphatic heterocycles. The first-order valence-corrected chi connectivity index (χ1v) is 7.99. The van der Waals surface area contributed by atoms with Gasteiger partial charge in [-0.3, -0.25) is 9.59 Å². The molecule has 1 aromatic carbocycles. The van der Waals surface area contributed by atoms with E-state index in [-0.39, 0.29) is 24.2 Å². The molecular formula is C18H19FN4O3. The third-order valence-electron chi connectivity index (χ3n) is 3.24. The van der Waals surface area contributed by atoms with Gasteiger partial charge in [0, 0.05) is 23.9 Å². The van der Waals surface area contributed by atoms with Gasteiger partial charge in [0.15, 0.2) is 0 Å². The quantitative estimate of drug-likeness (QED) is 0.578. The standard InChI is InChI=1S/C18H19FN4O3/c1-3-6-14(10-23(12-24)11-16(25)20-4-2)17-21-18(26-22-17)13-7-5-8-15(19)9-13/h3,5-10,12H,4,11H2,1-2H3,(H,20,25)/b6-3-,14-10+. The summed E-state index contributed by atoms with van der Waals surface area (Å²) in [6.07, 6.45) is 5.39. The highest BCUT2D eigenvalue weighted by Gasteiger charge is 2.14. The van der Waals surface area contributed by atoms with Crippen LogP contribution in [0.3, 0.4) is 0 Å². The van der Waals surface area contributed by atoms with Crippen LogP contribution in [0.2, 0.25) is 0 Å². The van der Waals surface area contributed by atoms with E-state index in [2.05, 4.69) is 15.5 Å². The molecule has 26 heavy (non-hydrogen) atoms. The van der Waals surface area contributed by atoms with Crippen molar-refractivity contribution in [2.75, 3.05) is 13.1 Å². The molecule has 1 aromatic heterocycles. The number of halogens is 1. The summed E-state index contributed by atoms with van der Waals surface area (Å²) < 4.78 is 18.5. The maximum atomic E-state index is 13.3. The van der Waals surface area contributed by atoms with Crippen LogP contribution in [-0.4, -0.2) is 40.4 Å². The lowest BCUT2D eigenvalue weighted by molar-refractivity contribution is -0.126. The maximum absolute atomic E-state index is 13.3. The SMILES string of the molecule is C/C=C\C(=C/N(C=O)CC(=O)NCC)c1noc(-c2cccc(F)c2)n1. The van der Waals surface area contributed by atoms with E-state index in [1.54, 1.807) is 32.1 Å². The van der Waals surface area contributed by atoms with Crippen molar-refractivity contribution < 1.29 is 18.5 Å². The van der Waals surface area contributed by atoms with Gasteiger partial charge < -0.3 is 14.7 Å².